The van der Waals surface area contributed by atoms with Crippen molar-refractivity contribution in [3.05, 3.63) is 36.4 Å². The van der Waals surface area contributed by atoms with Gasteiger partial charge >= 0.3 is 0 Å². The molecule has 5 nitrogen and oxygen atoms in total. The highest BCUT2D eigenvalue weighted by Crippen LogP contribution is 2.29. The van der Waals surface area contributed by atoms with Gasteiger partial charge in [0.1, 0.15) is 5.69 Å². The van der Waals surface area contributed by atoms with Crippen LogP contribution in [0.3, 0.4) is 0 Å². The van der Waals surface area contributed by atoms with Gasteiger partial charge in [0.2, 0.25) is 6.43 Å². The van der Waals surface area contributed by atoms with Crippen molar-refractivity contribution in [1.82, 2.24) is 19.9 Å². The molecule has 128 valence electrons. The molecule has 0 saturated heterocycles. The van der Waals surface area contributed by atoms with E-state index < -0.39 is 12.3 Å². The predicted octanol–water partition coefficient (Wildman–Crippen LogP) is 3.04. The van der Waals surface area contributed by atoms with Gasteiger partial charge in [0.15, 0.2) is 0 Å². The SMILES string of the molecule is Cn1cncc1-c1cccc(C(=O)NC2CCC(C(F)F)CC2)n1. The molecule has 2 aromatic rings. The summed E-state index contributed by atoms with van der Waals surface area (Å²) < 4.78 is 27.2. The number of rotatable bonds is 4. The van der Waals surface area contributed by atoms with Gasteiger partial charge in [0, 0.05) is 19.0 Å². The number of carbonyl (C=O) groups is 1. The number of hydrogen-bond acceptors (Lipinski definition) is 3. The van der Waals surface area contributed by atoms with E-state index in [0.29, 0.717) is 37.1 Å². The maximum absolute atomic E-state index is 12.7. The molecule has 0 radical (unpaired) electrons. The minimum Gasteiger partial charge on any atom is -0.348 e. The van der Waals surface area contributed by atoms with E-state index in [2.05, 4.69) is 15.3 Å². The summed E-state index contributed by atoms with van der Waals surface area (Å²) in [5.74, 6) is -0.802. The van der Waals surface area contributed by atoms with Crippen LogP contribution in [0.1, 0.15) is 36.2 Å². The zero-order valence-corrected chi connectivity index (χ0v) is 13.5. The number of aromatic nitrogens is 3. The van der Waals surface area contributed by atoms with Gasteiger partial charge in [0.25, 0.3) is 5.91 Å². The van der Waals surface area contributed by atoms with Crippen molar-refractivity contribution in [2.75, 3.05) is 0 Å². The number of carbonyl (C=O) groups excluding carboxylic acids is 1. The Morgan fingerprint density at radius 3 is 2.67 bits per heavy atom. The molecule has 0 aromatic carbocycles. The maximum Gasteiger partial charge on any atom is 0.270 e. The van der Waals surface area contributed by atoms with Crippen LogP contribution in [0.15, 0.2) is 30.7 Å². The Morgan fingerprint density at radius 1 is 1.29 bits per heavy atom. The number of aryl methyl sites for hydroxylation is 1. The lowest BCUT2D eigenvalue weighted by molar-refractivity contribution is 0.0499. The molecule has 7 heteroatoms. The minimum atomic E-state index is -2.26. The molecule has 0 spiro atoms. The highest BCUT2D eigenvalue weighted by Gasteiger charge is 2.28. The molecule has 0 aliphatic heterocycles. The average Bonchev–Trinajstić information content (AvgIpc) is 3.01. The quantitative estimate of drug-likeness (QED) is 0.935. The van der Waals surface area contributed by atoms with Crippen LogP contribution in [-0.4, -0.2) is 32.9 Å². The van der Waals surface area contributed by atoms with E-state index in [4.69, 9.17) is 0 Å². The van der Waals surface area contributed by atoms with Crippen LogP contribution in [0.25, 0.3) is 11.4 Å². The molecule has 1 N–H and O–H groups in total. The molecule has 1 saturated carbocycles. The fourth-order valence-corrected chi connectivity index (χ4v) is 3.08. The molecule has 0 bridgehead atoms. The van der Waals surface area contributed by atoms with Gasteiger partial charge in [-0.15, -0.1) is 0 Å². The molecule has 1 aliphatic rings. The van der Waals surface area contributed by atoms with Gasteiger partial charge in [-0.05, 0) is 37.8 Å². The van der Waals surface area contributed by atoms with Gasteiger partial charge in [-0.1, -0.05) is 6.07 Å². The summed E-state index contributed by atoms with van der Waals surface area (Å²) in [6.45, 7) is 0. The van der Waals surface area contributed by atoms with Crippen LogP contribution in [0, 0.1) is 5.92 Å². The number of nitrogens with one attached hydrogen (secondary N) is 1. The van der Waals surface area contributed by atoms with E-state index in [1.807, 2.05) is 17.7 Å². The van der Waals surface area contributed by atoms with Crippen LogP contribution in [0.5, 0.6) is 0 Å². The number of pyridine rings is 1. The van der Waals surface area contributed by atoms with E-state index in [-0.39, 0.29) is 11.9 Å². The topological polar surface area (TPSA) is 59.8 Å². The number of imidazole rings is 1. The highest BCUT2D eigenvalue weighted by atomic mass is 19.3. The number of amides is 1. The van der Waals surface area contributed by atoms with Crippen molar-refractivity contribution in [2.45, 2.75) is 38.2 Å². The van der Waals surface area contributed by atoms with E-state index >= 15 is 0 Å². The second-order valence-electron chi connectivity index (χ2n) is 6.22. The normalized spacial score (nSPS) is 21.0. The maximum atomic E-state index is 12.7. The Bertz CT molecular complexity index is 708. The van der Waals surface area contributed by atoms with Crippen LogP contribution in [0.2, 0.25) is 0 Å². The molecular weight excluding hydrogens is 314 g/mol. The van der Waals surface area contributed by atoms with Gasteiger partial charge in [-0.25, -0.2) is 18.7 Å². The molecule has 3 rings (SSSR count). The summed E-state index contributed by atoms with van der Waals surface area (Å²) in [7, 11) is 1.86. The van der Waals surface area contributed by atoms with Crippen molar-refractivity contribution < 1.29 is 13.6 Å². The zero-order chi connectivity index (χ0) is 17.1. The molecule has 1 amide bonds. The fraction of sp³-hybridized carbons (Fsp3) is 0.471. The molecule has 1 fully saturated rings. The average molecular weight is 334 g/mol. The summed E-state index contributed by atoms with van der Waals surface area (Å²) in [5, 5.41) is 2.91. The van der Waals surface area contributed by atoms with Gasteiger partial charge in [-0.2, -0.15) is 0 Å². The third-order valence-electron chi connectivity index (χ3n) is 4.52. The standard InChI is InChI=1S/C17H20F2N4O/c1-23-10-20-9-15(23)13-3-2-4-14(22-13)17(24)21-12-7-5-11(6-8-12)16(18)19/h2-4,9-12,16H,5-8H2,1H3,(H,21,24). The van der Waals surface area contributed by atoms with Crippen LogP contribution in [-0.2, 0) is 7.05 Å². The number of alkyl halides is 2. The van der Waals surface area contributed by atoms with Crippen molar-refractivity contribution in [1.29, 1.82) is 0 Å². The zero-order valence-electron chi connectivity index (χ0n) is 13.5. The molecule has 1 aliphatic carbocycles. The molecule has 0 atom stereocenters. The highest BCUT2D eigenvalue weighted by molar-refractivity contribution is 5.93. The number of hydrogen-bond donors (Lipinski definition) is 1. The summed E-state index contributed by atoms with van der Waals surface area (Å²) in [6, 6.07) is 5.19. The Hall–Kier alpha value is -2.31. The minimum absolute atomic E-state index is 0.0605. The summed E-state index contributed by atoms with van der Waals surface area (Å²) in [6.07, 6.45) is 3.17. The third kappa shape index (κ3) is 3.60. The predicted molar refractivity (Wildman–Crippen MR) is 85.7 cm³/mol. The van der Waals surface area contributed by atoms with E-state index in [0.717, 1.165) is 5.69 Å². The Balaban J connectivity index is 1.65. The van der Waals surface area contributed by atoms with Gasteiger partial charge in [0.05, 0.1) is 23.9 Å². The van der Waals surface area contributed by atoms with E-state index in [1.54, 1.807) is 24.7 Å². The molecule has 2 aromatic heterocycles. The van der Waals surface area contributed by atoms with Crippen molar-refractivity contribution in [3.63, 3.8) is 0 Å². The van der Waals surface area contributed by atoms with E-state index in [1.165, 1.54) is 0 Å². The first-order valence-electron chi connectivity index (χ1n) is 8.07. The van der Waals surface area contributed by atoms with Crippen LogP contribution >= 0.6 is 0 Å². The van der Waals surface area contributed by atoms with Crippen LogP contribution in [0.4, 0.5) is 8.78 Å². The molecular formula is C17H20F2N4O. The lowest BCUT2D eigenvalue weighted by atomic mass is 9.86. The fourth-order valence-electron chi connectivity index (χ4n) is 3.08. The molecule has 0 unspecified atom stereocenters. The first-order valence-corrected chi connectivity index (χ1v) is 8.07. The second kappa shape index (κ2) is 7.07. The van der Waals surface area contributed by atoms with Crippen molar-refractivity contribution in [3.8, 4) is 11.4 Å². The lowest BCUT2D eigenvalue weighted by Crippen LogP contribution is -2.38. The first-order chi connectivity index (χ1) is 11.5. The van der Waals surface area contributed by atoms with E-state index in [9.17, 15) is 13.6 Å². The first kappa shape index (κ1) is 16.5. The lowest BCUT2D eigenvalue weighted by Gasteiger charge is -2.28. The van der Waals surface area contributed by atoms with Crippen molar-refractivity contribution in [2.24, 2.45) is 13.0 Å². The third-order valence-corrected chi connectivity index (χ3v) is 4.52. The Labute approximate surface area is 139 Å². The Morgan fingerprint density at radius 2 is 2.04 bits per heavy atom. The smallest absolute Gasteiger partial charge is 0.270 e. The summed E-state index contributed by atoms with van der Waals surface area (Å²) >= 11 is 0. The van der Waals surface area contributed by atoms with Crippen molar-refractivity contribution >= 4 is 5.91 Å². The van der Waals surface area contributed by atoms with Gasteiger partial charge in [-0.3, -0.25) is 4.79 Å². The number of nitrogens with zero attached hydrogens (tertiary/aromatic N) is 3. The Kier molecular flexibility index (Phi) is 4.87. The molecule has 24 heavy (non-hydrogen) atoms. The largest absolute Gasteiger partial charge is 0.348 e. The van der Waals surface area contributed by atoms with Gasteiger partial charge < -0.3 is 9.88 Å². The monoisotopic (exact) mass is 334 g/mol. The number of halogens is 2. The van der Waals surface area contributed by atoms with Crippen LogP contribution < -0.4 is 5.32 Å². The molecule has 2 heterocycles. The second-order valence-corrected chi connectivity index (χ2v) is 6.22. The summed E-state index contributed by atoms with van der Waals surface area (Å²) in [4.78, 5) is 20.8. The summed E-state index contributed by atoms with van der Waals surface area (Å²) in [5.41, 5.74) is 1.82.